The van der Waals surface area contributed by atoms with Crippen LogP contribution in [0.2, 0.25) is 5.02 Å². The van der Waals surface area contributed by atoms with Crippen LogP contribution in [-0.4, -0.2) is 37.9 Å². The maximum atomic E-state index is 6.55. The van der Waals surface area contributed by atoms with Crippen molar-refractivity contribution in [1.29, 1.82) is 0 Å². The molecule has 1 aromatic rings. The molecule has 3 aliphatic rings. The van der Waals surface area contributed by atoms with Gasteiger partial charge in [-0.25, -0.2) is 0 Å². The second-order valence-corrected chi connectivity index (χ2v) is 6.62. The number of benzene rings is 1. The van der Waals surface area contributed by atoms with Gasteiger partial charge in [0.1, 0.15) is 0 Å². The fraction of sp³-hybridized carbons (Fsp3) is 0.625. The van der Waals surface area contributed by atoms with Crippen molar-refractivity contribution in [2.24, 2.45) is 5.92 Å². The number of nitrogens with one attached hydrogen (secondary N) is 1. The third-order valence-electron chi connectivity index (χ3n) is 4.70. The lowest BCUT2D eigenvalue weighted by Crippen LogP contribution is -2.45. The summed E-state index contributed by atoms with van der Waals surface area (Å²) in [4.78, 5) is 2.57. The summed E-state index contributed by atoms with van der Waals surface area (Å²) in [5, 5.41) is 4.24. The van der Waals surface area contributed by atoms with Crippen molar-refractivity contribution in [3.63, 3.8) is 0 Å². The minimum atomic E-state index is 0. The first kappa shape index (κ1) is 18.9. The molecule has 1 aromatic carbocycles. The summed E-state index contributed by atoms with van der Waals surface area (Å²) in [6.45, 7) is 4.59. The molecule has 4 nitrogen and oxygen atoms in total. The molecule has 130 valence electrons. The predicted octanol–water partition coefficient (Wildman–Crippen LogP) is 3.66. The molecule has 0 bridgehead atoms. The Labute approximate surface area is 154 Å². The van der Waals surface area contributed by atoms with Crippen molar-refractivity contribution in [2.75, 3.05) is 33.0 Å². The smallest absolute Gasteiger partial charge is 0.231 e. The van der Waals surface area contributed by atoms with E-state index in [1.165, 1.54) is 24.8 Å². The van der Waals surface area contributed by atoms with Crippen molar-refractivity contribution in [3.05, 3.63) is 22.7 Å². The summed E-state index contributed by atoms with van der Waals surface area (Å²) in [7, 11) is 0. The molecular formula is C16H23Cl3N2O2. The van der Waals surface area contributed by atoms with E-state index in [1.807, 2.05) is 6.07 Å². The molecule has 2 fully saturated rings. The molecule has 1 N–H and O–H groups in total. The molecule has 0 spiro atoms. The van der Waals surface area contributed by atoms with Crippen LogP contribution in [0, 0.1) is 5.92 Å². The van der Waals surface area contributed by atoms with Gasteiger partial charge in [-0.05, 0) is 24.0 Å². The highest BCUT2D eigenvalue weighted by Crippen LogP contribution is 2.45. The Kier molecular flexibility index (Phi) is 6.69. The molecule has 2 aliphatic heterocycles. The largest absolute Gasteiger partial charge is 0.454 e. The number of ether oxygens (including phenoxy) is 2. The van der Waals surface area contributed by atoms with Crippen LogP contribution < -0.4 is 14.8 Å². The number of rotatable bonds is 4. The van der Waals surface area contributed by atoms with Gasteiger partial charge in [0.05, 0.1) is 0 Å². The zero-order valence-electron chi connectivity index (χ0n) is 12.9. The summed E-state index contributed by atoms with van der Waals surface area (Å²) < 4.78 is 11.0. The van der Waals surface area contributed by atoms with E-state index in [-0.39, 0.29) is 24.8 Å². The van der Waals surface area contributed by atoms with Crippen molar-refractivity contribution in [1.82, 2.24) is 10.2 Å². The highest BCUT2D eigenvalue weighted by molar-refractivity contribution is 6.31. The molecule has 2 heterocycles. The summed E-state index contributed by atoms with van der Waals surface area (Å²) in [6.07, 6.45) is 3.94. The lowest BCUT2D eigenvalue weighted by Gasteiger charge is -2.36. The molecule has 4 rings (SSSR count). The number of hydrogen-bond acceptors (Lipinski definition) is 4. The average molecular weight is 382 g/mol. The van der Waals surface area contributed by atoms with E-state index >= 15 is 0 Å². The molecule has 7 heteroatoms. The van der Waals surface area contributed by atoms with Gasteiger partial charge in [-0.2, -0.15) is 0 Å². The average Bonchev–Trinajstić information content (AvgIpc) is 3.22. The number of nitrogens with zero attached hydrogens (tertiary/aromatic N) is 1. The second-order valence-electron chi connectivity index (χ2n) is 6.21. The van der Waals surface area contributed by atoms with E-state index in [4.69, 9.17) is 21.1 Å². The summed E-state index contributed by atoms with van der Waals surface area (Å²) >= 11 is 6.55. The lowest BCUT2D eigenvalue weighted by molar-refractivity contribution is 0.160. The fourth-order valence-electron chi connectivity index (χ4n) is 3.32. The van der Waals surface area contributed by atoms with Gasteiger partial charge < -0.3 is 14.8 Å². The quantitative estimate of drug-likeness (QED) is 0.863. The molecule has 1 atom stereocenters. The van der Waals surface area contributed by atoms with Crippen LogP contribution >= 0.6 is 36.4 Å². The number of piperazine rings is 1. The monoisotopic (exact) mass is 380 g/mol. The van der Waals surface area contributed by atoms with Crippen molar-refractivity contribution >= 4 is 36.4 Å². The third-order valence-corrected chi connectivity index (χ3v) is 5.02. The molecule has 0 amide bonds. The summed E-state index contributed by atoms with van der Waals surface area (Å²) in [5.41, 5.74) is 1.20. The molecule has 1 saturated carbocycles. The van der Waals surface area contributed by atoms with Gasteiger partial charge in [-0.1, -0.05) is 24.4 Å². The maximum Gasteiger partial charge on any atom is 0.231 e. The molecule has 0 unspecified atom stereocenters. The van der Waals surface area contributed by atoms with E-state index < -0.39 is 0 Å². The normalized spacial score (nSPS) is 21.3. The topological polar surface area (TPSA) is 33.7 Å². The summed E-state index contributed by atoms with van der Waals surface area (Å²) in [5.74, 6) is 2.48. The Morgan fingerprint density at radius 2 is 1.78 bits per heavy atom. The van der Waals surface area contributed by atoms with E-state index in [9.17, 15) is 0 Å². The van der Waals surface area contributed by atoms with Crippen LogP contribution in [0.3, 0.4) is 0 Å². The molecule has 1 saturated heterocycles. The Balaban J connectivity index is 0.000000960. The van der Waals surface area contributed by atoms with Crippen molar-refractivity contribution in [2.45, 2.75) is 25.3 Å². The molecule has 1 aliphatic carbocycles. The first-order valence-electron chi connectivity index (χ1n) is 7.85. The number of halogens is 3. The number of fused-ring (bicyclic) bond motifs is 1. The van der Waals surface area contributed by atoms with Gasteiger partial charge in [0.15, 0.2) is 11.5 Å². The van der Waals surface area contributed by atoms with E-state index in [1.54, 1.807) is 0 Å². The van der Waals surface area contributed by atoms with Crippen LogP contribution in [0.1, 0.15) is 30.9 Å². The van der Waals surface area contributed by atoms with Crippen LogP contribution in [-0.2, 0) is 0 Å². The van der Waals surface area contributed by atoms with E-state index in [0.717, 1.165) is 48.6 Å². The highest BCUT2D eigenvalue weighted by Gasteiger charge is 2.32. The standard InChI is InChI=1S/C16H21ClN2O2.2ClH/c17-13-9-16-15(20-10-21-16)8-12(13)14(7-11-1-2-11)19-5-3-18-4-6-19;;/h8-9,11,14,18H,1-7,10H2;2*1H/t14-;;/m0../s1. The van der Waals surface area contributed by atoms with Gasteiger partial charge in [0.2, 0.25) is 6.79 Å². The molecular weight excluding hydrogens is 359 g/mol. The van der Waals surface area contributed by atoms with Crippen LogP contribution in [0.15, 0.2) is 12.1 Å². The molecule has 23 heavy (non-hydrogen) atoms. The highest BCUT2D eigenvalue weighted by atomic mass is 35.5. The SMILES string of the molecule is Cl.Cl.Clc1cc2c(cc1[C@H](CC1CC1)N1CCNCC1)OCO2. The third kappa shape index (κ3) is 4.18. The van der Waals surface area contributed by atoms with Crippen LogP contribution in [0.4, 0.5) is 0 Å². The first-order valence-corrected chi connectivity index (χ1v) is 8.23. The lowest BCUT2D eigenvalue weighted by atomic mass is 9.98. The van der Waals surface area contributed by atoms with Crippen molar-refractivity contribution < 1.29 is 9.47 Å². The minimum absolute atomic E-state index is 0. The minimum Gasteiger partial charge on any atom is -0.454 e. The Morgan fingerprint density at radius 1 is 1.13 bits per heavy atom. The van der Waals surface area contributed by atoms with Gasteiger partial charge in [0.25, 0.3) is 0 Å². The van der Waals surface area contributed by atoms with Gasteiger partial charge in [-0.3, -0.25) is 4.90 Å². The predicted molar refractivity (Wildman–Crippen MR) is 96.6 cm³/mol. The van der Waals surface area contributed by atoms with Gasteiger partial charge in [0, 0.05) is 43.3 Å². The Morgan fingerprint density at radius 3 is 2.43 bits per heavy atom. The van der Waals surface area contributed by atoms with Crippen molar-refractivity contribution in [3.8, 4) is 11.5 Å². The van der Waals surface area contributed by atoms with E-state index in [0.29, 0.717) is 12.8 Å². The van der Waals surface area contributed by atoms with E-state index in [2.05, 4.69) is 16.3 Å². The Bertz CT molecular complexity index is 534. The second kappa shape index (κ2) is 8.13. The maximum absolute atomic E-state index is 6.55. The number of hydrogen-bond donors (Lipinski definition) is 1. The zero-order valence-corrected chi connectivity index (χ0v) is 15.3. The molecule has 0 radical (unpaired) electrons. The van der Waals surface area contributed by atoms with Crippen LogP contribution in [0.25, 0.3) is 0 Å². The van der Waals surface area contributed by atoms with Crippen LogP contribution in [0.5, 0.6) is 11.5 Å². The fourth-order valence-corrected chi connectivity index (χ4v) is 3.60. The zero-order chi connectivity index (χ0) is 14.2. The first-order chi connectivity index (χ1) is 10.3. The molecule has 0 aromatic heterocycles. The van der Waals surface area contributed by atoms with Gasteiger partial charge >= 0.3 is 0 Å². The van der Waals surface area contributed by atoms with Gasteiger partial charge in [-0.15, -0.1) is 24.8 Å². The summed E-state index contributed by atoms with van der Waals surface area (Å²) in [6, 6.07) is 4.42. The Hall–Kier alpha value is -0.390.